The molecule has 0 aliphatic heterocycles. The first-order chi connectivity index (χ1) is 14.5. The maximum atomic E-state index is 13.8. The molecular formula is C20H14FN5O3S. The number of anilines is 2. The Morgan fingerprint density at radius 1 is 1.10 bits per heavy atom. The SMILES string of the molecule is CN(C(=O)c1ccccc1F)c1ncc(C(=O)Nc2nc(-c3ccccn3)cs2)o1. The van der Waals surface area contributed by atoms with Gasteiger partial charge in [0.1, 0.15) is 11.5 Å². The first kappa shape index (κ1) is 19.4. The van der Waals surface area contributed by atoms with Gasteiger partial charge in [-0.3, -0.25) is 24.8 Å². The van der Waals surface area contributed by atoms with E-state index in [9.17, 15) is 14.0 Å². The number of carbonyl (C=O) groups excluding carboxylic acids is 2. The van der Waals surface area contributed by atoms with E-state index in [0.29, 0.717) is 16.5 Å². The molecule has 2 amide bonds. The number of hydrogen-bond acceptors (Lipinski definition) is 7. The van der Waals surface area contributed by atoms with Crippen LogP contribution in [0.2, 0.25) is 0 Å². The molecule has 4 rings (SSSR count). The molecule has 0 saturated heterocycles. The monoisotopic (exact) mass is 423 g/mol. The number of aromatic nitrogens is 3. The van der Waals surface area contributed by atoms with Crippen LogP contribution in [0.3, 0.4) is 0 Å². The van der Waals surface area contributed by atoms with Crippen molar-refractivity contribution in [2.75, 3.05) is 17.3 Å². The van der Waals surface area contributed by atoms with Crippen molar-refractivity contribution in [1.82, 2.24) is 15.0 Å². The summed E-state index contributed by atoms with van der Waals surface area (Å²) in [5.41, 5.74) is 1.18. The van der Waals surface area contributed by atoms with Crippen molar-refractivity contribution in [3.63, 3.8) is 0 Å². The number of oxazole rings is 1. The number of pyridine rings is 1. The zero-order chi connectivity index (χ0) is 21.1. The Hall–Kier alpha value is -3.92. The molecule has 1 N–H and O–H groups in total. The number of halogens is 1. The van der Waals surface area contributed by atoms with E-state index in [-0.39, 0.29) is 17.3 Å². The molecule has 8 nitrogen and oxygen atoms in total. The van der Waals surface area contributed by atoms with Crippen LogP contribution in [0.5, 0.6) is 0 Å². The average Bonchev–Trinajstić information content (AvgIpc) is 3.44. The molecule has 3 aromatic heterocycles. The third-order valence-electron chi connectivity index (χ3n) is 4.07. The van der Waals surface area contributed by atoms with Gasteiger partial charge in [0.2, 0.25) is 5.76 Å². The van der Waals surface area contributed by atoms with Crippen LogP contribution < -0.4 is 10.2 Å². The molecular weight excluding hydrogens is 409 g/mol. The van der Waals surface area contributed by atoms with Crippen molar-refractivity contribution in [2.24, 2.45) is 0 Å². The summed E-state index contributed by atoms with van der Waals surface area (Å²) >= 11 is 1.23. The quantitative estimate of drug-likeness (QED) is 0.523. The predicted octanol–water partition coefficient (Wildman–Crippen LogP) is 3.86. The van der Waals surface area contributed by atoms with Gasteiger partial charge in [0.05, 0.1) is 17.5 Å². The van der Waals surface area contributed by atoms with Crippen LogP contribution in [0.1, 0.15) is 20.9 Å². The van der Waals surface area contributed by atoms with E-state index in [1.165, 1.54) is 42.8 Å². The van der Waals surface area contributed by atoms with Crippen molar-refractivity contribution >= 4 is 34.3 Å². The van der Waals surface area contributed by atoms with E-state index in [1.54, 1.807) is 23.7 Å². The molecule has 4 aromatic rings. The number of nitrogens with zero attached hydrogens (tertiary/aromatic N) is 4. The van der Waals surface area contributed by atoms with Gasteiger partial charge in [0, 0.05) is 18.6 Å². The van der Waals surface area contributed by atoms with E-state index < -0.39 is 17.6 Å². The molecule has 30 heavy (non-hydrogen) atoms. The zero-order valence-electron chi connectivity index (χ0n) is 15.6. The molecule has 0 atom stereocenters. The fraction of sp³-hybridized carbons (Fsp3) is 0.0500. The molecule has 3 heterocycles. The van der Waals surface area contributed by atoms with Crippen LogP contribution in [0.15, 0.2) is 64.7 Å². The number of amides is 2. The van der Waals surface area contributed by atoms with E-state index >= 15 is 0 Å². The third kappa shape index (κ3) is 3.94. The summed E-state index contributed by atoms with van der Waals surface area (Å²) in [6.45, 7) is 0. The Labute approximate surface area is 174 Å². The number of rotatable bonds is 5. The predicted molar refractivity (Wildman–Crippen MR) is 109 cm³/mol. The van der Waals surface area contributed by atoms with E-state index in [2.05, 4.69) is 20.3 Å². The molecule has 0 aliphatic rings. The Bertz CT molecular complexity index is 1210. The molecule has 0 fully saturated rings. The largest absolute Gasteiger partial charge is 0.418 e. The third-order valence-corrected chi connectivity index (χ3v) is 4.82. The second-order valence-electron chi connectivity index (χ2n) is 6.06. The number of thiazole rings is 1. The first-order valence-corrected chi connectivity index (χ1v) is 9.57. The van der Waals surface area contributed by atoms with Crippen molar-refractivity contribution in [3.05, 3.63) is 77.4 Å². The van der Waals surface area contributed by atoms with Crippen LogP contribution in [-0.2, 0) is 0 Å². The number of nitrogens with one attached hydrogen (secondary N) is 1. The van der Waals surface area contributed by atoms with Gasteiger partial charge >= 0.3 is 6.01 Å². The average molecular weight is 423 g/mol. The van der Waals surface area contributed by atoms with Crippen molar-refractivity contribution in [1.29, 1.82) is 0 Å². The number of carbonyl (C=O) groups is 2. The summed E-state index contributed by atoms with van der Waals surface area (Å²) in [7, 11) is 1.38. The van der Waals surface area contributed by atoms with Crippen molar-refractivity contribution < 1.29 is 18.4 Å². The first-order valence-electron chi connectivity index (χ1n) is 8.69. The summed E-state index contributed by atoms with van der Waals surface area (Å²) in [5.74, 6) is -2.01. The highest BCUT2D eigenvalue weighted by atomic mass is 32.1. The molecule has 0 unspecified atom stereocenters. The van der Waals surface area contributed by atoms with Gasteiger partial charge in [-0.15, -0.1) is 11.3 Å². The van der Waals surface area contributed by atoms with E-state index in [4.69, 9.17) is 4.42 Å². The number of hydrogen-bond donors (Lipinski definition) is 1. The maximum Gasteiger partial charge on any atom is 0.304 e. The molecule has 150 valence electrons. The van der Waals surface area contributed by atoms with Crippen LogP contribution in [0.25, 0.3) is 11.4 Å². The van der Waals surface area contributed by atoms with Crippen molar-refractivity contribution in [2.45, 2.75) is 0 Å². The topological polar surface area (TPSA) is 101 Å². The summed E-state index contributed by atoms with van der Waals surface area (Å²) in [5, 5.41) is 4.74. The molecule has 1 aromatic carbocycles. The highest BCUT2D eigenvalue weighted by Crippen LogP contribution is 2.24. The van der Waals surface area contributed by atoms with Gasteiger partial charge in [-0.2, -0.15) is 0 Å². The van der Waals surface area contributed by atoms with E-state index in [0.717, 1.165) is 4.90 Å². The normalized spacial score (nSPS) is 10.6. The van der Waals surface area contributed by atoms with Crippen LogP contribution in [0.4, 0.5) is 15.5 Å². The Morgan fingerprint density at radius 3 is 2.67 bits per heavy atom. The summed E-state index contributed by atoms with van der Waals surface area (Å²) in [4.78, 5) is 38.4. The molecule has 0 saturated carbocycles. The molecule has 0 aliphatic carbocycles. The molecule has 0 bridgehead atoms. The second-order valence-corrected chi connectivity index (χ2v) is 6.92. The highest BCUT2D eigenvalue weighted by Gasteiger charge is 2.23. The van der Waals surface area contributed by atoms with Crippen LogP contribution in [-0.4, -0.2) is 33.8 Å². The fourth-order valence-electron chi connectivity index (χ4n) is 2.55. The van der Waals surface area contributed by atoms with Gasteiger partial charge in [-0.25, -0.2) is 14.4 Å². The summed E-state index contributed by atoms with van der Waals surface area (Å²) < 4.78 is 19.2. The minimum absolute atomic E-state index is 0.118. The van der Waals surface area contributed by atoms with Crippen LogP contribution >= 0.6 is 11.3 Å². The second kappa shape index (κ2) is 8.21. The maximum absolute atomic E-state index is 13.8. The summed E-state index contributed by atoms with van der Waals surface area (Å²) in [6, 6.07) is 10.9. The lowest BCUT2D eigenvalue weighted by Gasteiger charge is -2.12. The fourth-order valence-corrected chi connectivity index (χ4v) is 3.25. The standard InChI is InChI=1S/C20H14FN5O3S/c1-26(18(28)12-6-2-3-7-13(12)21)20-23-10-16(29-20)17(27)25-19-24-15(11-30-19)14-8-4-5-9-22-14/h2-11H,1H3,(H,24,25,27). The van der Waals surface area contributed by atoms with Gasteiger partial charge < -0.3 is 4.42 Å². The van der Waals surface area contributed by atoms with Crippen LogP contribution in [0, 0.1) is 5.82 Å². The lowest BCUT2D eigenvalue weighted by Crippen LogP contribution is -2.27. The zero-order valence-corrected chi connectivity index (χ0v) is 16.4. The Balaban J connectivity index is 1.46. The summed E-state index contributed by atoms with van der Waals surface area (Å²) in [6.07, 6.45) is 2.84. The van der Waals surface area contributed by atoms with Gasteiger partial charge in [0.15, 0.2) is 5.13 Å². The van der Waals surface area contributed by atoms with Crippen molar-refractivity contribution in [3.8, 4) is 11.4 Å². The Morgan fingerprint density at radius 2 is 1.90 bits per heavy atom. The minimum Gasteiger partial charge on any atom is -0.418 e. The highest BCUT2D eigenvalue weighted by molar-refractivity contribution is 7.14. The molecule has 0 radical (unpaired) electrons. The van der Waals surface area contributed by atoms with E-state index in [1.807, 2.05) is 12.1 Å². The number of benzene rings is 1. The lowest BCUT2D eigenvalue weighted by atomic mass is 10.2. The lowest BCUT2D eigenvalue weighted by molar-refractivity contribution is 0.0970. The smallest absolute Gasteiger partial charge is 0.304 e. The molecule has 0 spiro atoms. The van der Waals surface area contributed by atoms with Gasteiger partial charge in [-0.1, -0.05) is 18.2 Å². The minimum atomic E-state index is -0.661. The Kier molecular flexibility index (Phi) is 5.31. The van der Waals surface area contributed by atoms with Gasteiger partial charge in [0.25, 0.3) is 11.8 Å². The van der Waals surface area contributed by atoms with Gasteiger partial charge in [-0.05, 0) is 24.3 Å². The molecule has 10 heteroatoms.